The molecule has 2 rings (SSSR count). The van der Waals surface area contributed by atoms with Crippen LogP contribution in [0.3, 0.4) is 0 Å². The third kappa shape index (κ3) is 1.09. The number of halogens is 1. The van der Waals surface area contributed by atoms with Gasteiger partial charge in [-0.05, 0) is 17.7 Å². The molecule has 1 heterocycles. The van der Waals surface area contributed by atoms with Crippen molar-refractivity contribution >= 4 is 17.3 Å². The summed E-state index contributed by atoms with van der Waals surface area (Å²) in [5, 5.41) is 0.779. The summed E-state index contributed by atoms with van der Waals surface area (Å²) in [6.07, 6.45) is 0. The predicted octanol–water partition coefficient (Wildman–Crippen LogP) is 3.58. The smallest absolute Gasteiger partial charge is 0.0462 e. The zero-order valence-corrected chi connectivity index (χ0v) is 9.52. The number of likely N-dealkylation sites (N-methyl/N-ethyl adjacent to an activating group) is 1. The second kappa shape index (κ2) is 2.77. The van der Waals surface area contributed by atoms with Gasteiger partial charge in [-0.2, -0.15) is 0 Å². The lowest BCUT2D eigenvalue weighted by Gasteiger charge is -2.22. The van der Waals surface area contributed by atoms with Crippen LogP contribution in [0, 0.1) is 0 Å². The van der Waals surface area contributed by atoms with E-state index in [1.807, 2.05) is 19.2 Å². The van der Waals surface area contributed by atoms with E-state index in [0.717, 1.165) is 10.7 Å². The number of anilines is 1. The molecular weight excluding hydrogens is 194 g/mol. The van der Waals surface area contributed by atoms with E-state index in [0.29, 0.717) is 0 Å². The van der Waals surface area contributed by atoms with Gasteiger partial charge in [0.1, 0.15) is 0 Å². The molecule has 1 aromatic rings. The van der Waals surface area contributed by atoms with Crippen molar-refractivity contribution in [1.82, 2.24) is 0 Å². The van der Waals surface area contributed by atoms with E-state index in [1.165, 1.54) is 11.3 Å². The molecule has 0 fully saturated rings. The van der Waals surface area contributed by atoms with Crippen LogP contribution >= 0.6 is 11.6 Å². The van der Waals surface area contributed by atoms with E-state index in [-0.39, 0.29) is 5.41 Å². The third-order valence-electron chi connectivity index (χ3n) is 3.12. The van der Waals surface area contributed by atoms with Gasteiger partial charge in [-0.15, -0.1) is 0 Å². The van der Waals surface area contributed by atoms with E-state index in [4.69, 9.17) is 11.6 Å². The first-order valence-corrected chi connectivity index (χ1v) is 5.05. The fraction of sp³-hybridized carbons (Fsp3) is 0.333. The number of rotatable bonds is 0. The molecule has 0 atom stereocenters. The van der Waals surface area contributed by atoms with Gasteiger partial charge in [0.15, 0.2) is 0 Å². The standard InChI is InChI=1S/C12H14ClN/c1-8-12(2,3)10-6-5-9(13)7-11(10)14(8)4/h5-7H,1H2,2-4H3. The van der Waals surface area contributed by atoms with Gasteiger partial charge in [0, 0.05) is 28.9 Å². The lowest BCUT2D eigenvalue weighted by atomic mass is 9.85. The summed E-state index contributed by atoms with van der Waals surface area (Å²) in [4.78, 5) is 2.11. The molecule has 0 radical (unpaired) electrons. The summed E-state index contributed by atoms with van der Waals surface area (Å²) in [6, 6.07) is 6.03. The highest BCUT2D eigenvalue weighted by molar-refractivity contribution is 6.31. The van der Waals surface area contributed by atoms with Gasteiger partial charge in [0.25, 0.3) is 0 Å². The second-order valence-electron chi connectivity index (χ2n) is 4.29. The van der Waals surface area contributed by atoms with Crippen molar-refractivity contribution in [2.45, 2.75) is 19.3 Å². The van der Waals surface area contributed by atoms with Gasteiger partial charge < -0.3 is 4.90 Å². The molecule has 1 aromatic carbocycles. The SMILES string of the molecule is C=C1N(C)c2cc(Cl)ccc2C1(C)C. The predicted molar refractivity (Wildman–Crippen MR) is 62.0 cm³/mol. The van der Waals surface area contributed by atoms with E-state index in [1.54, 1.807) is 0 Å². The number of nitrogens with zero attached hydrogens (tertiary/aromatic N) is 1. The number of benzene rings is 1. The lowest BCUT2D eigenvalue weighted by molar-refractivity contribution is 0.643. The zero-order chi connectivity index (χ0) is 10.5. The van der Waals surface area contributed by atoms with E-state index >= 15 is 0 Å². The Bertz CT molecular complexity index is 407. The Morgan fingerprint density at radius 2 is 2.00 bits per heavy atom. The highest BCUT2D eigenvalue weighted by atomic mass is 35.5. The second-order valence-corrected chi connectivity index (χ2v) is 4.73. The van der Waals surface area contributed by atoms with Crippen molar-refractivity contribution in [1.29, 1.82) is 0 Å². The first kappa shape index (κ1) is 9.60. The molecular formula is C12H14ClN. The fourth-order valence-electron chi connectivity index (χ4n) is 2.03. The van der Waals surface area contributed by atoms with Crippen LogP contribution in [0.2, 0.25) is 5.02 Å². The van der Waals surface area contributed by atoms with Crippen LogP contribution in [0.4, 0.5) is 5.69 Å². The molecule has 0 aromatic heterocycles. The Morgan fingerprint density at radius 1 is 1.36 bits per heavy atom. The van der Waals surface area contributed by atoms with Gasteiger partial charge in [-0.25, -0.2) is 0 Å². The van der Waals surface area contributed by atoms with Crippen molar-refractivity contribution in [3.8, 4) is 0 Å². The van der Waals surface area contributed by atoms with Crippen molar-refractivity contribution < 1.29 is 0 Å². The molecule has 14 heavy (non-hydrogen) atoms. The Labute approximate surface area is 90.0 Å². The first-order chi connectivity index (χ1) is 6.44. The van der Waals surface area contributed by atoms with Crippen LogP contribution < -0.4 is 4.90 Å². The van der Waals surface area contributed by atoms with Crippen LogP contribution in [-0.2, 0) is 5.41 Å². The Morgan fingerprint density at radius 3 is 2.64 bits per heavy atom. The topological polar surface area (TPSA) is 3.24 Å². The first-order valence-electron chi connectivity index (χ1n) is 4.67. The Hall–Kier alpha value is -0.950. The van der Waals surface area contributed by atoms with Crippen LogP contribution in [0.5, 0.6) is 0 Å². The van der Waals surface area contributed by atoms with Gasteiger partial charge in [0.05, 0.1) is 0 Å². The monoisotopic (exact) mass is 207 g/mol. The molecule has 1 nitrogen and oxygen atoms in total. The van der Waals surface area contributed by atoms with Gasteiger partial charge in [-0.1, -0.05) is 38.1 Å². The molecule has 0 aliphatic carbocycles. The molecule has 0 amide bonds. The zero-order valence-electron chi connectivity index (χ0n) is 8.76. The highest BCUT2D eigenvalue weighted by Gasteiger charge is 2.36. The van der Waals surface area contributed by atoms with Gasteiger partial charge >= 0.3 is 0 Å². The van der Waals surface area contributed by atoms with Crippen LogP contribution in [0.1, 0.15) is 19.4 Å². The van der Waals surface area contributed by atoms with E-state index in [9.17, 15) is 0 Å². The molecule has 0 unspecified atom stereocenters. The number of fused-ring (bicyclic) bond motifs is 1. The number of allylic oxidation sites excluding steroid dienone is 1. The molecule has 0 saturated heterocycles. The highest BCUT2D eigenvalue weighted by Crippen LogP contribution is 2.46. The maximum absolute atomic E-state index is 5.97. The fourth-order valence-corrected chi connectivity index (χ4v) is 2.20. The number of hydrogen-bond donors (Lipinski definition) is 0. The maximum atomic E-state index is 5.97. The van der Waals surface area contributed by atoms with Gasteiger partial charge in [0.2, 0.25) is 0 Å². The largest absolute Gasteiger partial charge is 0.348 e. The summed E-state index contributed by atoms with van der Waals surface area (Å²) in [6.45, 7) is 8.49. The molecule has 0 bridgehead atoms. The summed E-state index contributed by atoms with van der Waals surface area (Å²) in [5.74, 6) is 0. The Kier molecular flexibility index (Phi) is 1.90. The normalized spacial score (nSPS) is 18.6. The van der Waals surface area contributed by atoms with E-state index < -0.39 is 0 Å². The average molecular weight is 208 g/mol. The quantitative estimate of drug-likeness (QED) is 0.629. The van der Waals surface area contributed by atoms with Crippen molar-refractivity contribution in [3.63, 3.8) is 0 Å². The molecule has 1 aliphatic rings. The molecule has 74 valence electrons. The van der Waals surface area contributed by atoms with Gasteiger partial charge in [-0.3, -0.25) is 0 Å². The molecule has 0 N–H and O–H groups in total. The van der Waals surface area contributed by atoms with Crippen molar-refractivity contribution in [3.05, 3.63) is 41.1 Å². The summed E-state index contributed by atoms with van der Waals surface area (Å²) in [5.41, 5.74) is 3.62. The molecule has 2 heteroatoms. The van der Waals surface area contributed by atoms with Crippen molar-refractivity contribution in [2.75, 3.05) is 11.9 Å². The van der Waals surface area contributed by atoms with Crippen LogP contribution in [0.15, 0.2) is 30.5 Å². The molecule has 0 saturated carbocycles. The van der Waals surface area contributed by atoms with Crippen molar-refractivity contribution in [2.24, 2.45) is 0 Å². The average Bonchev–Trinajstić information content (AvgIpc) is 2.28. The molecule has 1 aliphatic heterocycles. The van der Waals surface area contributed by atoms with Crippen LogP contribution in [0.25, 0.3) is 0 Å². The lowest BCUT2D eigenvalue weighted by Crippen LogP contribution is -2.21. The summed E-state index contributed by atoms with van der Waals surface area (Å²) in [7, 11) is 2.03. The summed E-state index contributed by atoms with van der Waals surface area (Å²) >= 11 is 5.97. The maximum Gasteiger partial charge on any atom is 0.0462 e. The van der Waals surface area contributed by atoms with Crippen LogP contribution in [-0.4, -0.2) is 7.05 Å². The Balaban J connectivity index is 2.68. The minimum atomic E-state index is 0.0225. The summed E-state index contributed by atoms with van der Waals surface area (Å²) < 4.78 is 0. The van der Waals surface area contributed by atoms with E-state index in [2.05, 4.69) is 31.4 Å². The molecule has 0 spiro atoms. The third-order valence-corrected chi connectivity index (χ3v) is 3.36. The number of hydrogen-bond acceptors (Lipinski definition) is 1. The minimum Gasteiger partial charge on any atom is -0.348 e. The minimum absolute atomic E-state index is 0.0225.